The van der Waals surface area contributed by atoms with E-state index in [0.29, 0.717) is 29.4 Å². The summed E-state index contributed by atoms with van der Waals surface area (Å²) in [4.78, 5) is 23.3. The lowest BCUT2D eigenvalue weighted by molar-refractivity contribution is -0.143. The zero-order valence-corrected chi connectivity index (χ0v) is 12.9. The summed E-state index contributed by atoms with van der Waals surface area (Å²) in [5.74, 6) is -0.969. The molecule has 1 heterocycles. The first-order valence-electron chi connectivity index (χ1n) is 6.98. The van der Waals surface area contributed by atoms with Crippen LogP contribution in [0, 0.1) is 0 Å². The van der Waals surface area contributed by atoms with Gasteiger partial charge in [-0.15, -0.1) is 0 Å². The van der Waals surface area contributed by atoms with E-state index in [2.05, 4.69) is 5.32 Å². The van der Waals surface area contributed by atoms with Crippen LogP contribution in [-0.4, -0.2) is 42.8 Å². The molecule has 0 bridgehead atoms. The zero-order chi connectivity index (χ0) is 16.1. The molecule has 2 atom stereocenters. The molecule has 0 aliphatic carbocycles. The van der Waals surface area contributed by atoms with Gasteiger partial charge in [0.1, 0.15) is 17.9 Å². The molecule has 0 spiro atoms. The average molecular weight is 328 g/mol. The van der Waals surface area contributed by atoms with Crippen LogP contribution in [0.4, 0.5) is 0 Å². The molecule has 2 rings (SSSR count). The minimum absolute atomic E-state index is 0.136. The van der Waals surface area contributed by atoms with Crippen LogP contribution in [0.1, 0.15) is 18.4 Å². The number of carbonyl (C=O) groups is 2. The van der Waals surface area contributed by atoms with Crippen molar-refractivity contribution in [2.75, 3.05) is 13.7 Å². The van der Waals surface area contributed by atoms with E-state index in [-0.39, 0.29) is 12.3 Å². The molecule has 120 valence electrons. The number of carboxylic acid groups (broad SMARTS) is 1. The van der Waals surface area contributed by atoms with Gasteiger partial charge in [-0.2, -0.15) is 0 Å². The van der Waals surface area contributed by atoms with Gasteiger partial charge < -0.3 is 19.9 Å². The van der Waals surface area contributed by atoms with Gasteiger partial charge in [0.25, 0.3) is 0 Å². The van der Waals surface area contributed by atoms with E-state index in [1.807, 2.05) is 0 Å². The topological polar surface area (TPSA) is 84.9 Å². The van der Waals surface area contributed by atoms with Gasteiger partial charge in [-0.1, -0.05) is 17.7 Å². The quantitative estimate of drug-likeness (QED) is 0.829. The summed E-state index contributed by atoms with van der Waals surface area (Å²) >= 11 is 6.02. The van der Waals surface area contributed by atoms with Crippen LogP contribution in [0.2, 0.25) is 5.02 Å². The van der Waals surface area contributed by atoms with E-state index >= 15 is 0 Å². The van der Waals surface area contributed by atoms with Crippen molar-refractivity contribution in [3.63, 3.8) is 0 Å². The van der Waals surface area contributed by atoms with Gasteiger partial charge in [-0.3, -0.25) is 4.79 Å². The first kappa shape index (κ1) is 16.6. The zero-order valence-electron chi connectivity index (χ0n) is 12.2. The van der Waals surface area contributed by atoms with Crippen molar-refractivity contribution in [2.24, 2.45) is 0 Å². The van der Waals surface area contributed by atoms with E-state index in [0.717, 1.165) is 6.42 Å². The van der Waals surface area contributed by atoms with Crippen molar-refractivity contribution in [3.8, 4) is 5.75 Å². The Kier molecular flexibility index (Phi) is 5.63. The fraction of sp³-hybridized carbons (Fsp3) is 0.467. The molecule has 22 heavy (non-hydrogen) atoms. The molecular formula is C15H18ClNO5. The molecule has 7 heteroatoms. The maximum absolute atomic E-state index is 12.0. The summed E-state index contributed by atoms with van der Waals surface area (Å²) < 4.78 is 10.3. The van der Waals surface area contributed by atoms with Gasteiger partial charge in [0.2, 0.25) is 5.91 Å². The highest BCUT2D eigenvalue weighted by Crippen LogP contribution is 2.25. The van der Waals surface area contributed by atoms with Gasteiger partial charge >= 0.3 is 5.97 Å². The lowest BCUT2D eigenvalue weighted by atomic mass is 10.1. The van der Waals surface area contributed by atoms with Crippen LogP contribution in [0.3, 0.4) is 0 Å². The normalized spacial score (nSPS) is 18.7. The van der Waals surface area contributed by atoms with Crippen molar-refractivity contribution < 1.29 is 24.2 Å². The Bertz CT molecular complexity index is 557. The van der Waals surface area contributed by atoms with E-state index < -0.39 is 18.1 Å². The predicted octanol–water partition coefficient (Wildman–Crippen LogP) is 1.64. The molecule has 0 aromatic heterocycles. The van der Waals surface area contributed by atoms with Crippen LogP contribution >= 0.6 is 11.6 Å². The summed E-state index contributed by atoms with van der Waals surface area (Å²) in [5, 5.41) is 12.2. The molecule has 0 unspecified atom stereocenters. The lowest BCUT2D eigenvalue weighted by Crippen LogP contribution is -2.46. The Morgan fingerprint density at radius 3 is 2.86 bits per heavy atom. The highest BCUT2D eigenvalue weighted by Gasteiger charge is 2.28. The van der Waals surface area contributed by atoms with Gasteiger partial charge in [0, 0.05) is 13.0 Å². The van der Waals surface area contributed by atoms with Crippen LogP contribution in [0.15, 0.2) is 18.2 Å². The molecule has 1 saturated heterocycles. The van der Waals surface area contributed by atoms with Crippen molar-refractivity contribution in [3.05, 3.63) is 28.8 Å². The summed E-state index contributed by atoms with van der Waals surface area (Å²) in [6.45, 7) is 0.532. The minimum atomic E-state index is -1.10. The third-order valence-corrected chi connectivity index (χ3v) is 3.79. The highest BCUT2D eigenvalue weighted by atomic mass is 35.5. The number of amides is 1. The number of halogens is 1. The number of benzene rings is 1. The molecule has 1 aromatic rings. The molecule has 2 N–H and O–H groups in total. The predicted molar refractivity (Wildman–Crippen MR) is 80.2 cm³/mol. The van der Waals surface area contributed by atoms with Crippen LogP contribution in [0.25, 0.3) is 0 Å². The van der Waals surface area contributed by atoms with Gasteiger partial charge in [-0.05, 0) is 30.5 Å². The molecule has 0 saturated carbocycles. The lowest BCUT2D eigenvalue weighted by Gasteiger charge is -2.17. The van der Waals surface area contributed by atoms with Crippen LogP contribution in [0.5, 0.6) is 5.75 Å². The van der Waals surface area contributed by atoms with Crippen molar-refractivity contribution in [1.29, 1.82) is 0 Å². The second kappa shape index (κ2) is 7.47. The minimum Gasteiger partial charge on any atom is -0.495 e. The summed E-state index contributed by atoms with van der Waals surface area (Å²) in [6.07, 6.45) is 1.01. The molecule has 1 aliphatic rings. The Morgan fingerprint density at radius 2 is 2.32 bits per heavy atom. The standard InChI is InChI=1S/C15H18ClNO5/c1-21-12-5-4-9(7-10(12)16)8-11(15(19)20)17-14(18)13-3-2-6-22-13/h4-5,7,11,13H,2-3,6,8H2,1H3,(H,17,18)(H,19,20)/t11-,13+/m0/s1. The van der Waals surface area contributed by atoms with E-state index in [9.17, 15) is 14.7 Å². The molecule has 6 nitrogen and oxygen atoms in total. The summed E-state index contributed by atoms with van der Waals surface area (Å²) in [5.41, 5.74) is 0.700. The van der Waals surface area contributed by atoms with Gasteiger partial charge in [0.15, 0.2) is 0 Å². The molecule has 1 aliphatic heterocycles. The monoisotopic (exact) mass is 327 g/mol. The van der Waals surface area contributed by atoms with Crippen LogP contribution < -0.4 is 10.1 Å². The SMILES string of the molecule is COc1ccc(C[C@H](NC(=O)[C@H]2CCCO2)C(=O)O)cc1Cl. The number of carbonyl (C=O) groups excluding carboxylic acids is 1. The average Bonchev–Trinajstić information content (AvgIpc) is 3.01. The summed E-state index contributed by atoms with van der Waals surface area (Å²) in [6, 6.07) is 3.99. The van der Waals surface area contributed by atoms with Crippen molar-refractivity contribution in [2.45, 2.75) is 31.4 Å². The van der Waals surface area contributed by atoms with E-state index in [1.54, 1.807) is 18.2 Å². The van der Waals surface area contributed by atoms with Crippen LogP contribution in [-0.2, 0) is 20.7 Å². The number of carboxylic acids is 1. The Hall–Kier alpha value is -1.79. The summed E-state index contributed by atoms with van der Waals surface area (Å²) in [7, 11) is 1.50. The largest absolute Gasteiger partial charge is 0.495 e. The van der Waals surface area contributed by atoms with Crippen molar-refractivity contribution >= 4 is 23.5 Å². The molecule has 1 amide bonds. The fourth-order valence-electron chi connectivity index (χ4n) is 2.32. The maximum atomic E-state index is 12.0. The van der Waals surface area contributed by atoms with E-state index in [4.69, 9.17) is 21.1 Å². The maximum Gasteiger partial charge on any atom is 0.326 e. The smallest absolute Gasteiger partial charge is 0.326 e. The number of hydrogen-bond acceptors (Lipinski definition) is 4. The molecule has 0 radical (unpaired) electrons. The molecular weight excluding hydrogens is 310 g/mol. The molecule has 1 aromatic carbocycles. The number of aliphatic carboxylic acids is 1. The Balaban J connectivity index is 2.03. The third kappa shape index (κ3) is 4.11. The highest BCUT2D eigenvalue weighted by molar-refractivity contribution is 6.32. The number of nitrogens with one attached hydrogen (secondary N) is 1. The first-order chi connectivity index (χ1) is 10.5. The second-order valence-corrected chi connectivity index (χ2v) is 5.48. The number of methoxy groups -OCH3 is 1. The third-order valence-electron chi connectivity index (χ3n) is 3.49. The van der Waals surface area contributed by atoms with Gasteiger partial charge in [0.05, 0.1) is 12.1 Å². The number of rotatable bonds is 6. The first-order valence-corrected chi connectivity index (χ1v) is 7.36. The second-order valence-electron chi connectivity index (χ2n) is 5.07. The Labute approximate surface area is 133 Å². The fourth-order valence-corrected chi connectivity index (χ4v) is 2.60. The van der Waals surface area contributed by atoms with E-state index in [1.165, 1.54) is 7.11 Å². The van der Waals surface area contributed by atoms with Gasteiger partial charge in [-0.25, -0.2) is 4.79 Å². The molecule has 1 fully saturated rings. The number of ether oxygens (including phenoxy) is 2. The Morgan fingerprint density at radius 1 is 1.55 bits per heavy atom. The number of hydrogen-bond donors (Lipinski definition) is 2. The van der Waals surface area contributed by atoms with Crippen molar-refractivity contribution in [1.82, 2.24) is 5.32 Å².